The molecule has 1 saturated heterocycles. The van der Waals surface area contributed by atoms with Crippen molar-refractivity contribution >= 4 is 58.5 Å². The number of hydrogen-bond acceptors (Lipinski definition) is 9. The molecule has 1 N–H and O–H groups in total. The van der Waals surface area contributed by atoms with E-state index < -0.39 is 5.25 Å². The lowest BCUT2D eigenvalue weighted by Gasteiger charge is -2.35. The number of pyridine rings is 2. The molecule has 226 valence electrons. The minimum absolute atomic E-state index is 0.0176. The van der Waals surface area contributed by atoms with E-state index in [0.717, 1.165) is 54.2 Å². The fraction of sp³-hybridized carbons (Fsp3) is 0.517. The second kappa shape index (κ2) is 14.3. The van der Waals surface area contributed by atoms with Gasteiger partial charge in [-0.05, 0) is 44.7 Å². The number of likely N-dealkylation sites (N-methyl/N-ethyl adjacent to an activating group) is 1. The van der Waals surface area contributed by atoms with Crippen LogP contribution in [0.4, 0.5) is 11.4 Å². The molecule has 42 heavy (non-hydrogen) atoms. The Kier molecular flexibility index (Phi) is 10.8. The van der Waals surface area contributed by atoms with E-state index in [0.29, 0.717) is 0 Å². The predicted molar refractivity (Wildman–Crippen MR) is 166 cm³/mol. The molecule has 13 heteroatoms. The lowest BCUT2D eigenvalue weighted by atomic mass is 10.2. The molecule has 0 spiro atoms. The molecule has 5 heterocycles. The monoisotopic (exact) mass is 613 g/mol. The molecular formula is C29H39N7O4S2. The van der Waals surface area contributed by atoms with Gasteiger partial charge in [-0.2, -0.15) is 0 Å². The van der Waals surface area contributed by atoms with Crippen LogP contribution in [0.1, 0.15) is 33.6 Å². The van der Waals surface area contributed by atoms with Crippen molar-refractivity contribution < 1.29 is 19.2 Å². The van der Waals surface area contributed by atoms with Gasteiger partial charge in [-0.15, -0.1) is 0 Å². The van der Waals surface area contributed by atoms with E-state index in [1.165, 1.54) is 23.5 Å². The number of rotatable bonds is 6. The molecule has 11 nitrogen and oxygen atoms in total. The zero-order valence-corrected chi connectivity index (χ0v) is 26.4. The maximum Gasteiger partial charge on any atom is 0.240 e. The first-order valence-corrected chi connectivity index (χ1v) is 15.9. The fourth-order valence-corrected chi connectivity index (χ4v) is 7.32. The van der Waals surface area contributed by atoms with Crippen molar-refractivity contribution in [3.63, 3.8) is 0 Å². The number of nitrogens with one attached hydrogen (secondary N) is 1. The van der Waals surface area contributed by atoms with Crippen LogP contribution in [-0.2, 0) is 19.2 Å². The highest BCUT2D eigenvalue weighted by atomic mass is 32.2. The average Bonchev–Trinajstić information content (AvgIpc) is 2.98. The Hall–Kier alpha value is -3.16. The molecule has 0 saturated carbocycles. The average molecular weight is 614 g/mol. The van der Waals surface area contributed by atoms with Crippen molar-refractivity contribution in [3.05, 3.63) is 36.7 Å². The van der Waals surface area contributed by atoms with E-state index in [-0.39, 0.29) is 47.8 Å². The van der Waals surface area contributed by atoms with E-state index in [1.807, 2.05) is 36.9 Å². The maximum atomic E-state index is 12.5. The third kappa shape index (κ3) is 7.61. The Morgan fingerprint density at radius 3 is 1.86 bits per heavy atom. The molecule has 5 rings (SSSR count). The molecule has 2 unspecified atom stereocenters. The van der Waals surface area contributed by atoms with Gasteiger partial charge in [0.2, 0.25) is 23.6 Å². The summed E-state index contributed by atoms with van der Waals surface area (Å²) < 4.78 is 0. The van der Waals surface area contributed by atoms with Crippen molar-refractivity contribution in [2.45, 2.75) is 60.2 Å². The van der Waals surface area contributed by atoms with Crippen molar-refractivity contribution in [1.29, 1.82) is 0 Å². The number of carbonyl (C=O) groups is 4. The molecule has 3 aliphatic heterocycles. The van der Waals surface area contributed by atoms with Crippen molar-refractivity contribution in [2.24, 2.45) is 0 Å². The van der Waals surface area contributed by atoms with Gasteiger partial charge < -0.3 is 24.9 Å². The SMILES string of the molecule is CC(C)NC(=O)CC1Sc2ncccc2N(C)C1=O.CCN1CCN(C(=O)CC2Sc3ncccc3N(C)C2=O)CC1. The number of thioether (sulfide) groups is 2. The molecule has 0 bridgehead atoms. The smallest absolute Gasteiger partial charge is 0.240 e. The quantitative estimate of drug-likeness (QED) is 0.524. The maximum absolute atomic E-state index is 12.5. The second-order valence-corrected chi connectivity index (χ2v) is 13.0. The summed E-state index contributed by atoms with van der Waals surface area (Å²) >= 11 is 2.77. The first-order chi connectivity index (χ1) is 20.1. The van der Waals surface area contributed by atoms with E-state index >= 15 is 0 Å². The minimum Gasteiger partial charge on any atom is -0.354 e. The molecule has 0 aliphatic carbocycles. The van der Waals surface area contributed by atoms with Crippen LogP contribution < -0.4 is 15.1 Å². The van der Waals surface area contributed by atoms with Gasteiger partial charge in [0.05, 0.1) is 21.9 Å². The van der Waals surface area contributed by atoms with E-state index in [2.05, 4.69) is 27.1 Å². The normalized spacial score (nSPS) is 20.5. The summed E-state index contributed by atoms with van der Waals surface area (Å²) in [6.07, 6.45) is 3.84. The van der Waals surface area contributed by atoms with Crippen LogP contribution in [0.2, 0.25) is 0 Å². The van der Waals surface area contributed by atoms with Crippen LogP contribution in [0.25, 0.3) is 0 Å². The lowest BCUT2D eigenvalue weighted by Crippen LogP contribution is -2.50. The summed E-state index contributed by atoms with van der Waals surface area (Å²) in [6.45, 7) is 10.3. The van der Waals surface area contributed by atoms with Gasteiger partial charge in [0.25, 0.3) is 0 Å². The second-order valence-electron chi connectivity index (χ2n) is 10.6. The summed E-state index contributed by atoms with van der Waals surface area (Å²) in [4.78, 5) is 65.0. The van der Waals surface area contributed by atoms with Crippen LogP contribution in [0.15, 0.2) is 46.7 Å². The molecule has 2 aromatic rings. The van der Waals surface area contributed by atoms with Crippen molar-refractivity contribution in [3.8, 4) is 0 Å². The first-order valence-electron chi connectivity index (χ1n) is 14.2. The fourth-order valence-electron chi connectivity index (χ4n) is 4.90. The Morgan fingerprint density at radius 2 is 1.38 bits per heavy atom. The molecule has 4 amide bonds. The van der Waals surface area contributed by atoms with Crippen LogP contribution >= 0.6 is 23.5 Å². The number of carbonyl (C=O) groups excluding carboxylic acids is 4. The molecule has 2 atom stereocenters. The zero-order chi connectivity index (χ0) is 30.4. The number of anilines is 2. The molecule has 3 aliphatic rings. The van der Waals surface area contributed by atoms with E-state index in [1.54, 1.807) is 42.4 Å². The zero-order valence-electron chi connectivity index (χ0n) is 24.8. The van der Waals surface area contributed by atoms with Gasteiger partial charge in [-0.1, -0.05) is 30.4 Å². The number of hydrogen-bond donors (Lipinski definition) is 1. The Morgan fingerprint density at radius 1 is 0.881 bits per heavy atom. The summed E-state index contributed by atoms with van der Waals surface area (Å²) in [5.41, 5.74) is 1.63. The summed E-state index contributed by atoms with van der Waals surface area (Å²) in [5, 5.41) is 3.65. The number of fused-ring (bicyclic) bond motifs is 2. The van der Waals surface area contributed by atoms with Gasteiger partial charge >= 0.3 is 0 Å². The van der Waals surface area contributed by atoms with Gasteiger partial charge in [0.15, 0.2) is 0 Å². The summed E-state index contributed by atoms with van der Waals surface area (Å²) in [7, 11) is 3.47. The van der Waals surface area contributed by atoms with Gasteiger partial charge in [-0.3, -0.25) is 19.2 Å². The third-order valence-electron chi connectivity index (χ3n) is 7.30. The van der Waals surface area contributed by atoms with Crippen molar-refractivity contribution in [1.82, 2.24) is 25.1 Å². The number of nitrogens with zero attached hydrogens (tertiary/aromatic N) is 6. The number of aromatic nitrogens is 2. The topological polar surface area (TPSA) is 119 Å². The molecule has 0 aromatic carbocycles. The standard InChI is InChI=1S/C16H22N4O2S.C13H17N3O2S/c1-3-19-7-9-20(10-8-19)14(21)11-13-16(22)18(2)12-5-4-6-17-15(12)23-13;1-8(2)15-11(17)7-10-13(18)16(3)9-5-4-6-14-12(9)19-10/h4-6,13H,3,7-11H2,1-2H3;4-6,8,10H,7H2,1-3H3,(H,15,17). The van der Waals surface area contributed by atoms with Crippen LogP contribution in [-0.4, -0.2) is 107 Å². The van der Waals surface area contributed by atoms with Crippen LogP contribution in [0.3, 0.4) is 0 Å². The van der Waals surface area contributed by atoms with Crippen LogP contribution in [0.5, 0.6) is 0 Å². The van der Waals surface area contributed by atoms with Gasteiger partial charge in [0, 0.05) is 71.6 Å². The molecular weight excluding hydrogens is 574 g/mol. The highest BCUT2D eigenvalue weighted by Gasteiger charge is 2.35. The molecule has 0 radical (unpaired) electrons. The van der Waals surface area contributed by atoms with Gasteiger partial charge in [0.1, 0.15) is 10.1 Å². The first kappa shape index (κ1) is 31.8. The van der Waals surface area contributed by atoms with Crippen molar-refractivity contribution in [2.75, 3.05) is 56.6 Å². The Balaban J connectivity index is 0.000000197. The largest absolute Gasteiger partial charge is 0.354 e. The lowest BCUT2D eigenvalue weighted by molar-refractivity contribution is -0.134. The van der Waals surface area contributed by atoms with Crippen LogP contribution in [0, 0.1) is 0 Å². The predicted octanol–water partition coefficient (Wildman–Crippen LogP) is 2.51. The summed E-state index contributed by atoms with van der Waals surface area (Å²) in [5.74, 6) is -0.103. The highest BCUT2D eigenvalue weighted by molar-refractivity contribution is 8.01. The Bertz CT molecular complexity index is 1300. The number of amides is 4. The number of piperazine rings is 1. The minimum atomic E-state index is -0.397. The molecule has 1 fully saturated rings. The summed E-state index contributed by atoms with van der Waals surface area (Å²) in [6, 6.07) is 7.45. The Labute approximate surface area is 255 Å². The third-order valence-corrected chi connectivity index (χ3v) is 9.68. The highest BCUT2D eigenvalue weighted by Crippen LogP contribution is 2.39. The van der Waals surface area contributed by atoms with E-state index in [4.69, 9.17) is 0 Å². The van der Waals surface area contributed by atoms with Gasteiger partial charge in [-0.25, -0.2) is 9.97 Å². The van der Waals surface area contributed by atoms with E-state index in [9.17, 15) is 19.2 Å². The molecule has 2 aromatic heterocycles.